The third kappa shape index (κ3) is 4.47. The first-order chi connectivity index (χ1) is 12.3. The lowest BCUT2D eigenvalue weighted by Gasteiger charge is -2.11. The van der Waals surface area contributed by atoms with Crippen LogP contribution in [-0.2, 0) is 13.1 Å². The van der Waals surface area contributed by atoms with Crippen LogP contribution in [0.4, 0.5) is 11.6 Å². The van der Waals surface area contributed by atoms with Gasteiger partial charge in [0, 0.05) is 24.7 Å². The zero-order valence-electron chi connectivity index (χ0n) is 14.5. The average molecular weight is 334 g/mol. The number of benzene rings is 2. The zero-order chi connectivity index (χ0) is 17.5. The van der Waals surface area contributed by atoms with E-state index in [-0.39, 0.29) is 0 Å². The van der Waals surface area contributed by atoms with Crippen molar-refractivity contribution in [2.24, 2.45) is 0 Å². The van der Waals surface area contributed by atoms with Gasteiger partial charge >= 0.3 is 0 Å². The van der Waals surface area contributed by atoms with Gasteiger partial charge in [-0.15, -0.1) is 0 Å². The van der Waals surface area contributed by atoms with E-state index in [1.807, 2.05) is 42.5 Å². The lowest BCUT2D eigenvalue weighted by molar-refractivity contribution is 0.410. The van der Waals surface area contributed by atoms with Gasteiger partial charge in [0.1, 0.15) is 23.7 Å². The number of nitrogens with one attached hydrogen (secondary N) is 2. The van der Waals surface area contributed by atoms with Gasteiger partial charge in [0.15, 0.2) is 0 Å². The minimum absolute atomic E-state index is 0.637. The van der Waals surface area contributed by atoms with Crippen LogP contribution in [0, 0.1) is 6.92 Å². The maximum atomic E-state index is 5.37. The van der Waals surface area contributed by atoms with E-state index in [1.54, 1.807) is 13.4 Å². The molecule has 3 aromatic rings. The number of aromatic nitrogens is 2. The van der Waals surface area contributed by atoms with Crippen LogP contribution in [0.1, 0.15) is 16.7 Å². The monoisotopic (exact) mass is 334 g/mol. The first kappa shape index (κ1) is 16.8. The molecule has 1 heterocycles. The predicted octanol–water partition coefficient (Wildman–Crippen LogP) is 4.02. The van der Waals surface area contributed by atoms with Crippen LogP contribution in [0.15, 0.2) is 60.9 Å². The number of para-hydroxylation sites is 1. The molecule has 5 nitrogen and oxygen atoms in total. The Balaban J connectivity index is 1.62. The van der Waals surface area contributed by atoms with E-state index in [1.165, 1.54) is 11.1 Å². The summed E-state index contributed by atoms with van der Waals surface area (Å²) < 4.78 is 5.37. The largest absolute Gasteiger partial charge is 0.496 e. The highest BCUT2D eigenvalue weighted by Gasteiger charge is 2.04. The van der Waals surface area contributed by atoms with Gasteiger partial charge in [-0.3, -0.25) is 0 Å². The van der Waals surface area contributed by atoms with Gasteiger partial charge in [-0.2, -0.15) is 0 Å². The summed E-state index contributed by atoms with van der Waals surface area (Å²) in [5.74, 6) is 2.43. The quantitative estimate of drug-likeness (QED) is 0.683. The van der Waals surface area contributed by atoms with E-state index < -0.39 is 0 Å². The van der Waals surface area contributed by atoms with E-state index in [9.17, 15) is 0 Å². The summed E-state index contributed by atoms with van der Waals surface area (Å²) in [4.78, 5) is 8.57. The maximum Gasteiger partial charge on any atom is 0.131 e. The minimum Gasteiger partial charge on any atom is -0.496 e. The topological polar surface area (TPSA) is 59.1 Å². The van der Waals surface area contributed by atoms with E-state index >= 15 is 0 Å². The van der Waals surface area contributed by atoms with Crippen molar-refractivity contribution in [3.63, 3.8) is 0 Å². The number of nitrogens with zero attached hydrogens (tertiary/aromatic N) is 2. The van der Waals surface area contributed by atoms with E-state index in [0.29, 0.717) is 6.54 Å². The first-order valence-electron chi connectivity index (χ1n) is 8.22. The second-order valence-electron chi connectivity index (χ2n) is 5.73. The molecule has 0 spiro atoms. The number of ether oxygens (including phenoxy) is 1. The SMILES string of the molecule is COc1ccccc1CNc1cc(NCc2ccccc2C)ncn1. The van der Waals surface area contributed by atoms with Gasteiger partial charge in [-0.1, -0.05) is 42.5 Å². The van der Waals surface area contributed by atoms with Crippen molar-refractivity contribution in [1.82, 2.24) is 9.97 Å². The van der Waals surface area contributed by atoms with Crippen molar-refractivity contribution >= 4 is 11.6 Å². The van der Waals surface area contributed by atoms with E-state index in [0.717, 1.165) is 29.5 Å². The number of hydrogen-bond acceptors (Lipinski definition) is 5. The molecule has 0 unspecified atom stereocenters. The van der Waals surface area contributed by atoms with Gasteiger partial charge < -0.3 is 15.4 Å². The summed E-state index contributed by atoms with van der Waals surface area (Å²) in [6.45, 7) is 3.48. The summed E-state index contributed by atoms with van der Waals surface area (Å²) in [6, 6.07) is 18.2. The Morgan fingerprint density at radius 2 is 1.44 bits per heavy atom. The van der Waals surface area contributed by atoms with Crippen molar-refractivity contribution in [1.29, 1.82) is 0 Å². The van der Waals surface area contributed by atoms with Crippen LogP contribution in [0.2, 0.25) is 0 Å². The van der Waals surface area contributed by atoms with Gasteiger partial charge in [0.25, 0.3) is 0 Å². The highest BCUT2D eigenvalue weighted by atomic mass is 16.5. The Labute approximate surface area is 148 Å². The van der Waals surface area contributed by atoms with Crippen LogP contribution in [-0.4, -0.2) is 17.1 Å². The Bertz CT molecular complexity index is 835. The van der Waals surface area contributed by atoms with E-state index in [4.69, 9.17) is 4.74 Å². The van der Waals surface area contributed by atoms with Gasteiger partial charge in [0.2, 0.25) is 0 Å². The van der Waals surface area contributed by atoms with Crippen molar-refractivity contribution in [2.45, 2.75) is 20.0 Å². The summed E-state index contributed by atoms with van der Waals surface area (Å²) >= 11 is 0. The molecule has 0 aliphatic carbocycles. The molecule has 25 heavy (non-hydrogen) atoms. The summed E-state index contributed by atoms with van der Waals surface area (Å²) in [5, 5.41) is 6.66. The third-order valence-corrected chi connectivity index (χ3v) is 4.04. The molecule has 2 aromatic carbocycles. The normalized spacial score (nSPS) is 10.3. The summed E-state index contributed by atoms with van der Waals surface area (Å²) in [6.07, 6.45) is 1.56. The molecule has 0 aliphatic rings. The van der Waals surface area contributed by atoms with Crippen LogP contribution in [0.5, 0.6) is 5.75 Å². The smallest absolute Gasteiger partial charge is 0.131 e. The van der Waals surface area contributed by atoms with Crippen molar-refractivity contribution in [3.05, 3.63) is 77.6 Å². The molecule has 5 heteroatoms. The zero-order valence-corrected chi connectivity index (χ0v) is 14.5. The molecule has 0 fully saturated rings. The van der Waals surface area contributed by atoms with Gasteiger partial charge in [0.05, 0.1) is 7.11 Å². The molecule has 0 aliphatic heterocycles. The standard InChI is InChI=1S/C20H22N4O/c1-15-7-3-4-8-16(15)12-21-19-11-20(24-14-23-19)22-13-17-9-5-6-10-18(17)25-2/h3-11,14H,12-13H2,1-2H3,(H2,21,22,23,24). The van der Waals surface area contributed by atoms with Gasteiger partial charge in [-0.05, 0) is 24.1 Å². The Morgan fingerprint density at radius 1 is 0.840 bits per heavy atom. The van der Waals surface area contributed by atoms with Crippen molar-refractivity contribution in [3.8, 4) is 5.75 Å². The van der Waals surface area contributed by atoms with Gasteiger partial charge in [-0.25, -0.2) is 9.97 Å². The fourth-order valence-corrected chi connectivity index (χ4v) is 2.58. The first-order valence-corrected chi connectivity index (χ1v) is 8.22. The predicted molar refractivity (Wildman–Crippen MR) is 101 cm³/mol. The molecule has 0 bridgehead atoms. The summed E-state index contributed by atoms with van der Waals surface area (Å²) in [7, 11) is 1.68. The van der Waals surface area contributed by atoms with Crippen LogP contribution < -0.4 is 15.4 Å². The second-order valence-corrected chi connectivity index (χ2v) is 5.73. The Morgan fingerprint density at radius 3 is 2.12 bits per heavy atom. The lowest BCUT2D eigenvalue weighted by atomic mass is 10.1. The van der Waals surface area contributed by atoms with Crippen molar-refractivity contribution in [2.75, 3.05) is 17.7 Å². The molecule has 0 saturated carbocycles. The maximum absolute atomic E-state index is 5.37. The molecule has 0 saturated heterocycles. The molecule has 0 atom stereocenters. The molecule has 3 rings (SSSR count). The molecular weight excluding hydrogens is 312 g/mol. The molecule has 0 radical (unpaired) electrons. The number of methoxy groups -OCH3 is 1. The number of hydrogen-bond donors (Lipinski definition) is 2. The number of anilines is 2. The molecular formula is C20H22N4O. The van der Waals surface area contributed by atoms with E-state index in [2.05, 4.69) is 39.7 Å². The third-order valence-electron chi connectivity index (χ3n) is 4.04. The van der Waals surface area contributed by atoms with Crippen LogP contribution in [0.25, 0.3) is 0 Å². The molecule has 128 valence electrons. The Kier molecular flexibility index (Phi) is 5.46. The fourth-order valence-electron chi connectivity index (χ4n) is 2.58. The highest BCUT2D eigenvalue weighted by molar-refractivity contribution is 5.48. The number of rotatable bonds is 7. The summed E-state index contributed by atoms with van der Waals surface area (Å²) in [5.41, 5.74) is 3.60. The fraction of sp³-hybridized carbons (Fsp3) is 0.200. The molecule has 0 amide bonds. The number of aryl methyl sites for hydroxylation is 1. The van der Waals surface area contributed by atoms with Crippen LogP contribution >= 0.6 is 0 Å². The second kappa shape index (κ2) is 8.15. The minimum atomic E-state index is 0.637. The van der Waals surface area contributed by atoms with Crippen LogP contribution in [0.3, 0.4) is 0 Å². The average Bonchev–Trinajstić information content (AvgIpc) is 2.66. The molecule has 2 N–H and O–H groups in total. The van der Waals surface area contributed by atoms with Crippen molar-refractivity contribution < 1.29 is 4.74 Å². The Hall–Kier alpha value is -3.08. The lowest BCUT2D eigenvalue weighted by Crippen LogP contribution is -2.06. The molecule has 1 aromatic heterocycles. The highest BCUT2D eigenvalue weighted by Crippen LogP contribution is 2.19.